The minimum absolute atomic E-state index is 0.212. The third-order valence-corrected chi connectivity index (χ3v) is 5.00. The molecule has 3 rings (SSSR count). The molecule has 6 heteroatoms. The predicted molar refractivity (Wildman–Crippen MR) is 111 cm³/mol. The van der Waals surface area contributed by atoms with E-state index < -0.39 is 5.91 Å². The van der Waals surface area contributed by atoms with Crippen LogP contribution in [0.2, 0.25) is 0 Å². The van der Waals surface area contributed by atoms with Crippen molar-refractivity contribution < 1.29 is 9.53 Å². The second kappa shape index (κ2) is 8.29. The minimum atomic E-state index is -0.495. The first kappa shape index (κ1) is 20.3. The minimum Gasteiger partial charge on any atom is -0.439 e. The number of amides is 1. The maximum atomic E-state index is 11.2. The molecule has 1 aliphatic carbocycles. The average Bonchev–Trinajstić information content (AvgIpc) is 3.04. The third-order valence-electron chi connectivity index (χ3n) is 5.00. The molecule has 1 atom stereocenters. The van der Waals surface area contributed by atoms with E-state index in [0.717, 1.165) is 31.7 Å². The first-order valence-corrected chi connectivity index (χ1v) is 9.66. The van der Waals surface area contributed by atoms with Crippen molar-refractivity contribution in [2.75, 3.05) is 27.2 Å². The van der Waals surface area contributed by atoms with Gasteiger partial charge in [0, 0.05) is 31.4 Å². The fraction of sp³-hybridized carbons (Fsp3) is 0.455. The summed E-state index contributed by atoms with van der Waals surface area (Å²) in [6.45, 7) is 6.59. The van der Waals surface area contributed by atoms with Crippen LogP contribution in [0.3, 0.4) is 0 Å². The quantitative estimate of drug-likeness (QED) is 0.734. The molecule has 1 unspecified atom stereocenters. The molecule has 0 saturated carbocycles. The zero-order valence-corrected chi connectivity index (χ0v) is 17.2. The lowest BCUT2D eigenvalue weighted by atomic mass is 9.92. The molecular formula is C22H30N4O2. The summed E-state index contributed by atoms with van der Waals surface area (Å²) in [7, 11) is 4.22. The molecule has 1 aromatic carbocycles. The molecule has 1 aliphatic rings. The third kappa shape index (κ3) is 5.09. The Bertz CT molecular complexity index is 831. The monoisotopic (exact) mass is 382 g/mol. The van der Waals surface area contributed by atoms with Gasteiger partial charge in [-0.15, -0.1) is 0 Å². The van der Waals surface area contributed by atoms with E-state index in [0.29, 0.717) is 17.5 Å². The average molecular weight is 383 g/mol. The van der Waals surface area contributed by atoms with Crippen molar-refractivity contribution in [3.05, 3.63) is 53.2 Å². The van der Waals surface area contributed by atoms with E-state index in [1.54, 1.807) is 12.1 Å². The Hall–Kier alpha value is -2.44. The highest BCUT2D eigenvalue weighted by Crippen LogP contribution is 2.33. The number of aromatic nitrogens is 1. The molecule has 0 bridgehead atoms. The molecule has 150 valence electrons. The predicted octanol–water partition coefficient (Wildman–Crippen LogP) is 2.62. The number of nitrogens with zero attached hydrogens (tertiary/aromatic N) is 2. The number of nitrogens with two attached hydrogens (primary N) is 1. The lowest BCUT2D eigenvalue weighted by Gasteiger charge is -2.30. The van der Waals surface area contributed by atoms with Gasteiger partial charge in [-0.1, -0.05) is 26.0 Å². The number of fused-ring (bicyclic) bond motifs is 1. The molecule has 28 heavy (non-hydrogen) atoms. The number of ether oxygens (including phenoxy) is 1. The molecule has 0 radical (unpaired) electrons. The van der Waals surface area contributed by atoms with E-state index in [2.05, 4.69) is 49.2 Å². The van der Waals surface area contributed by atoms with Gasteiger partial charge >= 0.3 is 0 Å². The van der Waals surface area contributed by atoms with Crippen molar-refractivity contribution in [2.24, 2.45) is 11.1 Å². The summed E-state index contributed by atoms with van der Waals surface area (Å²) in [6.07, 6.45) is 3.37. The number of rotatable bonds is 8. The summed E-state index contributed by atoms with van der Waals surface area (Å²) < 4.78 is 6.00. The van der Waals surface area contributed by atoms with E-state index in [1.807, 2.05) is 12.1 Å². The van der Waals surface area contributed by atoms with Crippen LogP contribution >= 0.6 is 0 Å². The number of hydrogen-bond acceptors (Lipinski definition) is 5. The van der Waals surface area contributed by atoms with E-state index in [9.17, 15) is 4.79 Å². The number of carbonyl (C=O) groups is 1. The molecule has 0 aliphatic heterocycles. The zero-order valence-electron chi connectivity index (χ0n) is 17.2. The molecule has 1 amide bonds. The second-order valence-electron chi connectivity index (χ2n) is 8.63. The molecular weight excluding hydrogens is 352 g/mol. The number of hydrogen-bond donors (Lipinski definition) is 2. The highest BCUT2D eigenvalue weighted by atomic mass is 16.5. The first-order chi connectivity index (χ1) is 13.2. The molecule has 3 N–H and O–H groups in total. The summed E-state index contributed by atoms with van der Waals surface area (Å²) >= 11 is 0. The Balaban J connectivity index is 1.65. The number of benzene rings is 1. The molecule has 2 aromatic rings. The molecule has 1 heterocycles. The number of carbonyl (C=O) groups excluding carboxylic acids is 1. The largest absolute Gasteiger partial charge is 0.439 e. The Morgan fingerprint density at radius 3 is 2.71 bits per heavy atom. The lowest BCUT2D eigenvalue weighted by Crippen LogP contribution is -2.42. The van der Waals surface area contributed by atoms with Crippen molar-refractivity contribution >= 4 is 5.91 Å². The maximum Gasteiger partial charge on any atom is 0.250 e. The van der Waals surface area contributed by atoms with Gasteiger partial charge in [0.25, 0.3) is 0 Å². The molecule has 0 fully saturated rings. The van der Waals surface area contributed by atoms with E-state index in [-0.39, 0.29) is 5.41 Å². The van der Waals surface area contributed by atoms with Gasteiger partial charge in [0.2, 0.25) is 11.8 Å². The van der Waals surface area contributed by atoms with Crippen LogP contribution in [0.5, 0.6) is 11.6 Å². The number of primary amides is 1. The smallest absolute Gasteiger partial charge is 0.250 e. The number of pyridine rings is 1. The normalized spacial score (nSPS) is 16.2. The fourth-order valence-corrected chi connectivity index (χ4v) is 3.89. The van der Waals surface area contributed by atoms with Gasteiger partial charge < -0.3 is 20.7 Å². The van der Waals surface area contributed by atoms with Crippen molar-refractivity contribution in [1.82, 2.24) is 15.2 Å². The van der Waals surface area contributed by atoms with Gasteiger partial charge in [0.1, 0.15) is 5.75 Å². The van der Waals surface area contributed by atoms with Gasteiger partial charge in [0.15, 0.2) is 0 Å². The van der Waals surface area contributed by atoms with Gasteiger partial charge in [-0.25, -0.2) is 4.98 Å². The van der Waals surface area contributed by atoms with Gasteiger partial charge in [-0.3, -0.25) is 4.79 Å². The molecule has 6 nitrogen and oxygen atoms in total. The van der Waals surface area contributed by atoms with Crippen LogP contribution < -0.4 is 15.8 Å². The van der Waals surface area contributed by atoms with Crippen LogP contribution in [-0.2, 0) is 12.8 Å². The molecule has 0 saturated heterocycles. The van der Waals surface area contributed by atoms with Crippen LogP contribution in [0.15, 0.2) is 36.5 Å². The Morgan fingerprint density at radius 2 is 2.07 bits per heavy atom. The van der Waals surface area contributed by atoms with Crippen LogP contribution in [-0.4, -0.2) is 49.0 Å². The van der Waals surface area contributed by atoms with Crippen LogP contribution in [0.4, 0.5) is 0 Å². The van der Waals surface area contributed by atoms with Crippen LogP contribution in [0.1, 0.15) is 35.3 Å². The van der Waals surface area contributed by atoms with Crippen molar-refractivity contribution in [2.45, 2.75) is 32.7 Å². The second-order valence-corrected chi connectivity index (χ2v) is 8.63. The summed E-state index contributed by atoms with van der Waals surface area (Å²) in [4.78, 5) is 17.6. The van der Waals surface area contributed by atoms with Gasteiger partial charge in [-0.05, 0) is 55.6 Å². The highest BCUT2D eigenvalue weighted by Gasteiger charge is 2.27. The Labute approximate surface area is 167 Å². The molecule has 0 spiro atoms. The SMILES string of the molecule is CN(C)CC(C)(C)CNC1Cc2cccc(Oc3ccc(C(N)=O)cn3)c2C1. The summed E-state index contributed by atoms with van der Waals surface area (Å²) in [6, 6.07) is 9.87. The maximum absolute atomic E-state index is 11.2. The molecule has 1 aromatic heterocycles. The summed E-state index contributed by atoms with van der Waals surface area (Å²) in [5, 5.41) is 3.74. The van der Waals surface area contributed by atoms with Crippen molar-refractivity contribution in [3.8, 4) is 11.6 Å². The van der Waals surface area contributed by atoms with Crippen molar-refractivity contribution in [3.63, 3.8) is 0 Å². The Kier molecular flexibility index (Phi) is 6.01. The van der Waals surface area contributed by atoms with Gasteiger partial charge in [0.05, 0.1) is 5.56 Å². The standard InChI is InChI=1S/C22H30N4O2/c1-22(2,14-26(3)4)13-25-17-10-15-6-5-7-19(18(15)11-17)28-20-9-8-16(12-24-20)21(23)27/h5-9,12,17,25H,10-11,13-14H2,1-4H3,(H2,23,27). The van der Waals surface area contributed by atoms with Crippen LogP contribution in [0.25, 0.3) is 0 Å². The number of nitrogens with one attached hydrogen (secondary N) is 1. The van der Waals surface area contributed by atoms with E-state index >= 15 is 0 Å². The first-order valence-electron chi connectivity index (χ1n) is 9.66. The highest BCUT2D eigenvalue weighted by molar-refractivity contribution is 5.92. The van der Waals surface area contributed by atoms with Gasteiger partial charge in [-0.2, -0.15) is 0 Å². The lowest BCUT2D eigenvalue weighted by molar-refractivity contribution is 0.1000. The van der Waals surface area contributed by atoms with Crippen molar-refractivity contribution in [1.29, 1.82) is 0 Å². The summed E-state index contributed by atoms with van der Waals surface area (Å²) in [5.74, 6) is 0.793. The van der Waals surface area contributed by atoms with E-state index in [4.69, 9.17) is 10.5 Å². The fourth-order valence-electron chi connectivity index (χ4n) is 3.89. The van der Waals surface area contributed by atoms with Crippen LogP contribution in [0, 0.1) is 5.41 Å². The Morgan fingerprint density at radius 1 is 1.29 bits per heavy atom. The van der Waals surface area contributed by atoms with E-state index in [1.165, 1.54) is 17.3 Å². The topological polar surface area (TPSA) is 80.5 Å². The summed E-state index contributed by atoms with van der Waals surface area (Å²) in [5.41, 5.74) is 8.39. The zero-order chi connectivity index (χ0) is 20.3.